The topological polar surface area (TPSA) is 58.6 Å². The molecule has 1 N–H and O–H groups in total. The molecule has 116 valence electrons. The van der Waals surface area contributed by atoms with Gasteiger partial charge in [-0.05, 0) is 30.8 Å². The zero-order chi connectivity index (χ0) is 15.4. The zero-order valence-corrected chi connectivity index (χ0v) is 13.0. The molecule has 1 heterocycles. The smallest absolute Gasteiger partial charge is 0.146 e. The van der Waals surface area contributed by atoms with E-state index in [2.05, 4.69) is 47.6 Å². The van der Waals surface area contributed by atoms with Crippen LogP contribution in [-0.4, -0.2) is 16.1 Å². The Morgan fingerprint density at radius 1 is 1.36 bits per heavy atom. The predicted octanol–water partition coefficient (Wildman–Crippen LogP) is 4.20. The molecule has 0 aromatic carbocycles. The second-order valence-electron chi connectivity index (χ2n) is 5.91. The van der Waals surface area contributed by atoms with Gasteiger partial charge in [-0.3, -0.25) is 0 Å². The van der Waals surface area contributed by atoms with Crippen molar-refractivity contribution in [1.29, 1.82) is 0 Å². The van der Waals surface area contributed by atoms with E-state index in [0.29, 0.717) is 11.6 Å². The van der Waals surface area contributed by atoms with E-state index in [4.69, 9.17) is 4.52 Å². The molecule has 2 aliphatic carbocycles. The lowest BCUT2D eigenvalue weighted by molar-refractivity contribution is 0.314. The summed E-state index contributed by atoms with van der Waals surface area (Å²) in [6, 6.07) is 0. The van der Waals surface area contributed by atoms with E-state index < -0.39 is 0 Å². The molecule has 0 fully saturated rings. The normalized spacial score (nSPS) is 22.5. The third-order valence-corrected chi connectivity index (χ3v) is 4.38. The lowest BCUT2D eigenvalue weighted by Crippen LogP contribution is -2.22. The summed E-state index contributed by atoms with van der Waals surface area (Å²) in [5, 5.41) is 17.2. The first-order chi connectivity index (χ1) is 10.8. The number of oxime groups is 1. The third kappa shape index (κ3) is 2.91. The second-order valence-corrected chi connectivity index (χ2v) is 5.91. The van der Waals surface area contributed by atoms with Crippen LogP contribution in [0.1, 0.15) is 49.6 Å². The Bertz CT molecular complexity index is 650. The molecule has 1 aromatic heterocycles. The first-order valence-corrected chi connectivity index (χ1v) is 8.05. The molecule has 0 amide bonds. The second kappa shape index (κ2) is 6.77. The Hall–Kier alpha value is -2.10. The lowest BCUT2D eigenvalue weighted by Gasteiger charge is -2.23. The van der Waals surface area contributed by atoms with Gasteiger partial charge >= 0.3 is 0 Å². The van der Waals surface area contributed by atoms with Crippen LogP contribution >= 0.6 is 0 Å². The van der Waals surface area contributed by atoms with Crippen molar-refractivity contribution < 1.29 is 9.73 Å². The largest absolute Gasteiger partial charge is 0.411 e. The fourth-order valence-corrected chi connectivity index (χ4v) is 3.20. The standard InChI is InChI=1S/C18H22N2O2/c1-2-3-10-15-18-16(19-21)11-14(12-17(18)22-20-15)13-8-6-4-5-7-9-13/h4-6,8-9,14,21H,2-3,7,10-12H2,1H3/b19-16+. The first-order valence-electron chi connectivity index (χ1n) is 8.05. The van der Waals surface area contributed by atoms with Crippen LogP contribution in [0, 0.1) is 5.92 Å². The quantitative estimate of drug-likeness (QED) is 0.669. The Balaban J connectivity index is 1.87. The number of rotatable bonds is 4. The minimum absolute atomic E-state index is 0.293. The van der Waals surface area contributed by atoms with E-state index in [0.717, 1.165) is 55.5 Å². The van der Waals surface area contributed by atoms with Crippen LogP contribution in [0.3, 0.4) is 0 Å². The molecule has 0 saturated heterocycles. The Labute approximate surface area is 130 Å². The van der Waals surface area contributed by atoms with Crippen LogP contribution in [0.5, 0.6) is 0 Å². The first kappa shape index (κ1) is 14.8. The number of hydrogen-bond acceptors (Lipinski definition) is 4. The molecule has 1 aromatic rings. The van der Waals surface area contributed by atoms with Gasteiger partial charge in [0, 0.05) is 12.8 Å². The monoisotopic (exact) mass is 298 g/mol. The predicted molar refractivity (Wildman–Crippen MR) is 86.2 cm³/mol. The minimum Gasteiger partial charge on any atom is -0.411 e. The summed E-state index contributed by atoms with van der Waals surface area (Å²) in [6.45, 7) is 2.16. The molecule has 1 unspecified atom stereocenters. The van der Waals surface area contributed by atoms with Crippen LogP contribution in [0.4, 0.5) is 0 Å². The van der Waals surface area contributed by atoms with Crippen molar-refractivity contribution >= 4 is 5.71 Å². The van der Waals surface area contributed by atoms with Gasteiger partial charge < -0.3 is 9.73 Å². The summed E-state index contributed by atoms with van der Waals surface area (Å²) >= 11 is 0. The Kier molecular flexibility index (Phi) is 4.56. The van der Waals surface area contributed by atoms with Crippen molar-refractivity contribution in [2.24, 2.45) is 11.1 Å². The zero-order valence-electron chi connectivity index (χ0n) is 13.0. The van der Waals surface area contributed by atoms with Gasteiger partial charge in [-0.25, -0.2) is 0 Å². The van der Waals surface area contributed by atoms with Gasteiger partial charge in [0.15, 0.2) is 0 Å². The summed E-state index contributed by atoms with van der Waals surface area (Å²) in [7, 11) is 0. The molecule has 0 radical (unpaired) electrons. The summed E-state index contributed by atoms with van der Waals surface area (Å²) in [6.07, 6.45) is 16.2. The van der Waals surface area contributed by atoms with Crippen molar-refractivity contribution in [2.45, 2.75) is 45.4 Å². The number of unbranched alkanes of at least 4 members (excludes halogenated alkanes) is 1. The number of hydrogen-bond donors (Lipinski definition) is 1. The molecule has 0 bridgehead atoms. The van der Waals surface area contributed by atoms with E-state index in [1.807, 2.05) is 0 Å². The maximum atomic E-state index is 9.45. The molecular weight excluding hydrogens is 276 g/mol. The molecule has 0 spiro atoms. The summed E-state index contributed by atoms with van der Waals surface area (Å²) in [4.78, 5) is 0. The molecular formula is C18H22N2O2. The van der Waals surface area contributed by atoms with Gasteiger partial charge in [-0.1, -0.05) is 54.0 Å². The number of nitrogens with zero attached hydrogens (tertiary/aromatic N) is 2. The summed E-state index contributed by atoms with van der Waals surface area (Å²) in [5.41, 5.74) is 3.88. The number of allylic oxidation sites excluding steroid dienone is 6. The molecule has 4 nitrogen and oxygen atoms in total. The van der Waals surface area contributed by atoms with Crippen LogP contribution in [0.15, 0.2) is 45.6 Å². The van der Waals surface area contributed by atoms with E-state index in [9.17, 15) is 5.21 Å². The van der Waals surface area contributed by atoms with Gasteiger partial charge in [0.1, 0.15) is 5.76 Å². The van der Waals surface area contributed by atoms with Gasteiger partial charge in [-0.15, -0.1) is 0 Å². The summed E-state index contributed by atoms with van der Waals surface area (Å²) in [5.74, 6) is 1.16. The van der Waals surface area contributed by atoms with Gasteiger partial charge in [0.25, 0.3) is 0 Å². The minimum atomic E-state index is 0.293. The Morgan fingerprint density at radius 2 is 2.27 bits per heavy atom. The van der Waals surface area contributed by atoms with Crippen LogP contribution in [0.25, 0.3) is 0 Å². The fourth-order valence-electron chi connectivity index (χ4n) is 3.20. The highest BCUT2D eigenvalue weighted by atomic mass is 16.5. The average molecular weight is 298 g/mol. The molecule has 1 atom stereocenters. The molecule has 4 heteroatoms. The molecule has 0 saturated carbocycles. The van der Waals surface area contributed by atoms with Crippen molar-refractivity contribution in [3.8, 4) is 0 Å². The fraction of sp³-hybridized carbons (Fsp3) is 0.444. The highest BCUT2D eigenvalue weighted by Crippen LogP contribution is 2.34. The van der Waals surface area contributed by atoms with Gasteiger partial charge in [-0.2, -0.15) is 0 Å². The number of fused-ring (bicyclic) bond motifs is 1. The lowest BCUT2D eigenvalue weighted by atomic mass is 9.80. The average Bonchev–Trinajstić information content (AvgIpc) is 2.77. The maximum absolute atomic E-state index is 9.45. The highest BCUT2D eigenvalue weighted by Gasteiger charge is 2.31. The van der Waals surface area contributed by atoms with Crippen LogP contribution in [0.2, 0.25) is 0 Å². The van der Waals surface area contributed by atoms with E-state index in [1.165, 1.54) is 5.57 Å². The van der Waals surface area contributed by atoms with Crippen molar-refractivity contribution in [1.82, 2.24) is 5.16 Å². The summed E-state index contributed by atoms with van der Waals surface area (Å²) < 4.78 is 5.56. The van der Waals surface area contributed by atoms with Crippen molar-refractivity contribution in [2.75, 3.05) is 0 Å². The SMILES string of the molecule is CCCCc1noc2c1/C(=N/O)CC(C1=CCC=CC=C1)C2. The van der Waals surface area contributed by atoms with E-state index >= 15 is 0 Å². The Morgan fingerprint density at radius 3 is 3.09 bits per heavy atom. The van der Waals surface area contributed by atoms with Gasteiger partial charge in [0.05, 0.1) is 17.0 Å². The van der Waals surface area contributed by atoms with Crippen LogP contribution in [-0.2, 0) is 12.8 Å². The molecule has 0 aliphatic heterocycles. The van der Waals surface area contributed by atoms with Crippen LogP contribution < -0.4 is 0 Å². The number of aromatic nitrogens is 1. The van der Waals surface area contributed by atoms with Crippen molar-refractivity contribution in [3.63, 3.8) is 0 Å². The molecule has 22 heavy (non-hydrogen) atoms. The highest BCUT2D eigenvalue weighted by molar-refractivity contribution is 6.03. The molecule has 3 rings (SSSR count). The van der Waals surface area contributed by atoms with Crippen molar-refractivity contribution in [3.05, 3.63) is 53.0 Å². The van der Waals surface area contributed by atoms with E-state index in [-0.39, 0.29) is 0 Å². The van der Waals surface area contributed by atoms with Gasteiger partial charge in [0.2, 0.25) is 0 Å². The third-order valence-electron chi connectivity index (χ3n) is 4.38. The van der Waals surface area contributed by atoms with E-state index in [1.54, 1.807) is 0 Å². The maximum Gasteiger partial charge on any atom is 0.146 e. The number of aryl methyl sites for hydroxylation is 1. The molecule has 2 aliphatic rings.